The molecule has 0 amide bonds. The number of H-pyrrole nitrogens is 1. The van der Waals surface area contributed by atoms with Crippen LogP contribution in [0.25, 0.3) is 21.9 Å². The summed E-state index contributed by atoms with van der Waals surface area (Å²) in [7, 11) is 0. The molecule has 29 heavy (non-hydrogen) atoms. The second-order valence-corrected chi connectivity index (χ2v) is 7.13. The van der Waals surface area contributed by atoms with Crippen LogP contribution in [0.2, 0.25) is 0 Å². The normalized spacial score (nSPS) is 11.2. The maximum absolute atomic E-state index is 6.04. The van der Waals surface area contributed by atoms with E-state index in [9.17, 15) is 0 Å². The average molecular weight is 379 g/mol. The molecule has 0 bridgehead atoms. The van der Waals surface area contributed by atoms with Gasteiger partial charge in [-0.3, -0.25) is 0 Å². The number of aromatic nitrogens is 3. The van der Waals surface area contributed by atoms with Gasteiger partial charge in [-0.15, -0.1) is 0 Å². The Kier molecular flexibility index (Phi) is 4.33. The first-order chi connectivity index (χ1) is 14.3. The summed E-state index contributed by atoms with van der Waals surface area (Å²) < 4.78 is 0. The van der Waals surface area contributed by atoms with E-state index in [2.05, 4.69) is 63.4 Å². The highest BCUT2D eigenvalue weighted by molar-refractivity contribution is 6.07. The van der Waals surface area contributed by atoms with Crippen molar-refractivity contribution in [2.45, 2.75) is 13.1 Å². The van der Waals surface area contributed by atoms with Gasteiger partial charge in [0.15, 0.2) is 11.8 Å². The van der Waals surface area contributed by atoms with Crippen molar-refractivity contribution in [3.05, 3.63) is 96.1 Å². The molecule has 5 nitrogen and oxygen atoms in total. The maximum atomic E-state index is 6.04. The summed E-state index contributed by atoms with van der Waals surface area (Å²) in [5, 5.41) is 0.999. The first-order valence-electron chi connectivity index (χ1n) is 9.64. The van der Waals surface area contributed by atoms with Gasteiger partial charge in [-0.25, -0.2) is 9.97 Å². The molecule has 142 valence electrons. The highest BCUT2D eigenvalue weighted by Crippen LogP contribution is 2.32. The fourth-order valence-electron chi connectivity index (χ4n) is 3.73. The van der Waals surface area contributed by atoms with Crippen molar-refractivity contribution >= 4 is 33.7 Å². The van der Waals surface area contributed by atoms with Crippen LogP contribution < -0.4 is 10.6 Å². The number of nitrogen functional groups attached to an aromatic ring is 1. The minimum atomic E-state index is 0.402. The SMILES string of the molecule is Nc1nc2c([nH]1)c(N(Cc1ccccc1)Cc1ccccc1)nc1ccccc12. The standard InChI is InChI=1S/C24H21N5/c25-24-27-21-19-13-7-8-14-20(19)26-23(22(21)28-24)29(15-17-9-3-1-4-10-17)16-18-11-5-2-6-12-18/h1-14H,15-16H2,(H3,25,27,28). The number of nitrogens with two attached hydrogens (primary N) is 1. The van der Waals surface area contributed by atoms with E-state index in [1.807, 2.05) is 36.4 Å². The highest BCUT2D eigenvalue weighted by atomic mass is 15.2. The van der Waals surface area contributed by atoms with Crippen LogP contribution >= 0.6 is 0 Å². The topological polar surface area (TPSA) is 70.8 Å². The van der Waals surface area contributed by atoms with E-state index >= 15 is 0 Å². The lowest BCUT2D eigenvalue weighted by Gasteiger charge is -2.25. The lowest BCUT2D eigenvalue weighted by molar-refractivity contribution is 0.789. The van der Waals surface area contributed by atoms with E-state index < -0.39 is 0 Å². The molecule has 0 fully saturated rings. The van der Waals surface area contributed by atoms with E-state index in [1.165, 1.54) is 11.1 Å². The zero-order valence-corrected chi connectivity index (χ0v) is 15.9. The van der Waals surface area contributed by atoms with Crippen molar-refractivity contribution in [2.24, 2.45) is 0 Å². The van der Waals surface area contributed by atoms with Crippen LogP contribution in [0.1, 0.15) is 11.1 Å². The molecule has 0 aliphatic carbocycles. The molecule has 0 spiro atoms. The van der Waals surface area contributed by atoms with Gasteiger partial charge in [0.2, 0.25) is 0 Å². The Hall–Kier alpha value is -3.86. The van der Waals surface area contributed by atoms with Crippen molar-refractivity contribution in [1.82, 2.24) is 15.0 Å². The zero-order chi connectivity index (χ0) is 19.6. The number of imidazole rings is 1. The van der Waals surface area contributed by atoms with Crippen LogP contribution in [0.15, 0.2) is 84.9 Å². The number of nitrogens with one attached hydrogen (secondary N) is 1. The summed E-state index contributed by atoms with van der Waals surface area (Å²) in [5.74, 6) is 1.26. The summed E-state index contributed by atoms with van der Waals surface area (Å²) in [5.41, 5.74) is 11.1. The lowest BCUT2D eigenvalue weighted by atomic mass is 10.1. The Morgan fingerprint density at radius 1 is 0.724 bits per heavy atom. The highest BCUT2D eigenvalue weighted by Gasteiger charge is 2.18. The molecule has 2 heterocycles. The lowest BCUT2D eigenvalue weighted by Crippen LogP contribution is -2.23. The summed E-state index contributed by atoms with van der Waals surface area (Å²) >= 11 is 0. The van der Waals surface area contributed by atoms with Crippen LogP contribution in [-0.2, 0) is 13.1 Å². The van der Waals surface area contributed by atoms with Gasteiger partial charge in [0.05, 0.1) is 5.52 Å². The molecule has 0 atom stereocenters. The van der Waals surface area contributed by atoms with Crippen LogP contribution in [0.4, 0.5) is 11.8 Å². The fraction of sp³-hybridized carbons (Fsp3) is 0.0833. The zero-order valence-electron chi connectivity index (χ0n) is 15.9. The molecular weight excluding hydrogens is 358 g/mol. The van der Waals surface area contributed by atoms with Gasteiger partial charge in [-0.1, -0.05) is 78.9 Å². The molecule has 3 N–H and O–H groups in total. The van der Waals surface area contributed by atoms with Crippen LogP contribution in [0, 0.1) is 0 Å². The average Bonchev–Trinajstić information content (AvgIpc) is 3.16. The minimum absolute atomic E-state index is 0.402. The molecule has 5 rings (SSSR count). The van der Waals surface area contributed by atoms with Crippen molar-refractivity contribution in [1.29, 1.82) is 0 Å². The maximum Gasteiger partial charge on any atom is 0.198 e. The number of nitrogens with zero attached hydrogens (tertiary/aromatic N) is 3. The Labute approximate surface area is 168 Å². The van der Waals surface area contributed by atoms with Crippen molar-refractivity contribution < 1.29 is 0 Å². The van der Waals surface area contributed by atoms with Gasteiger partial charge in [0.25, 0.3) is 0 Å². The van der Waals surface area contributed by atoms with E-state index in [1.54, 1.807) is 0 Å². The number of anilines is 2. The first-order valence-corrected chi connectivity index (χ1v) is 9.64. The second kappa shape index (κ2) is 7.28. The molecule has 3 aromatic carbocycles. The van der Waals surface area contributed by atoms with Gasteiger partial charge >= 0.3 is 0 Å². The number of para-hydroxylation sites is 1. The van der Waals surface area contributed by atoms with Gasteiger partial charge in [-0.05, 0) is 17.2 Å². The Balaban J connectivity index is 1.68. The fourth-order valence-corrected chi connectivity index (χ4v) is 3.73. The Morgan fingerprint density at radius 2 is 1.31 bits per heavy atom. The third-order valence-corrected chi connectivity index (χ3v) is 5.06. The van der Waals surface area contributed by atoms with Gasteiger partial charge in [-0.2, -0.15) is 0 Å². The summed E-state index contributed by atoms with van der Waals surface area (Å²) in [4.78, 5) is 15.1. The van der Waals surface area contributed by atoms with Crippen molar-refractivity contribution in [3.63, 3.8) is 0 Å². The van der Waals surface area contributed by atoms with Gasteiger partial charge in [0, 0.05) is 18.5 Å². The molecule has 0 saturated carbocycles. The van der Waals surface area contributed by atoms with Crippen molar-refractivity contribution in [2.75, 3.05) is 10.6 Å². The van der Waals surface area contributed by atoms with E-state index in [0.717, 1.165) is 40.8 Å². The minimum Gasteiger partial charge on any atom is -0.369 e. The summed E-state index contributed by atoms with van der Waals surface area (Å²) in [6, 6.07) is 28.9. The number of benzene rings is 3. The molecule has 5 aromatic rings. The van der Waals surface area contributed by atoms with Gasteiger partial charge in [0.1, 0.15) is 11.0 Å². The number of pyridine rings is 1. The van der Waals surface area contributed by atoms with E-state index in [-0.39, 0.29) is 0 Å². The molecule has 0 aliphatic heterocycles. The quantitative estimate of drug-likeness (QED) is 0.456. The largest absolute Gasteiger partial charge is 0.369 e. The monoisotopic (exact) mass is 379 g/mol. The molecule has 5 heteroatoms. The molecular formula is C24H21N5. The van der Waals surface area contributed by atoms with Crippen LogP contribution in [-0.4, -0.2) is 15.0 Å². The Bertz CT molecular complexity index is 1220. The van der Waals surface area contributed by atoms with E-state index in [4.69, 9.17) is 10.7 Å². The smallest absolute Gasteiger partial charge is 0.198 e. The molecule has 0 radical (unpaired) electrons. The molecule has 2 aromatic heterocycles. The number of rotatable bonds is 5. The third-order valence-electron chi connectivity index (χ3n) is 5.06. The predicted molar refractivity (Wildman–Crippen MR) is 119 cm³/mol. The summed E-state index contributed by atoms with van der Waals surface area (Å²) in [6.45, 7) is 1.46. The van der Waals surface area contributed by atoms with E-state index in [0.29, 0.717) is 5.95 Å². The number of hydrogen-bond donors (Lipinski definition) is 2. The molecule has 0 saturated heterocycles. The van der Waals surface area contributed by atoms with Crippen LogP contribution in [0.5, 0.6) is 0 Å². The number of hydrogen-bond acceptors (Lipinski definition) is 4. The number of fused-ring (bicyclic) bond motifs is 3. The second-order valence-electron chi connectivity index (χ2n) is 7.13. The Morgan fingerprint density at radius 3 is 1.97 bits per heavy atom. The number of aromatic amines is 1. The van der Waals surface area contributed by atoms with Gasteiger partial charge < -0.3 is 15.6 Å². The molecule has 0 unspecified atom stereocenters. The summed E-state index contributed by atoms with van der Waals surface area (Å²) in [6.07, 6.45) is 0. The predicted octanol–water partition coefficient (Wildman–Crippen LogP) is 4.90. The van der Waals surface area contributed by atoms with Crippen LogP contribution in [0.3, 0.4) is 0 Å². The molecule has 0 aliphatic rings. The third kappa shape index (κ3) is 3.38. The first kappa shape index (κ1) is 17.3. The van der Waals surface area contributed by atoms with Crippen molar-refractivity contribution in [3.8, 4) is 0 Å².